The maximum absolute atomic E-state index is 12.8. The molecule has 0 N–H and O–H groups in total. The van der Waals surface area contributed by atoms with Crippen molar-refractivity contribution in [3.63, 3.8) is 0 Å². The van der Waals surface area contributed by atoms with Crippen LogP contribution in [0.1, 0.15) is 13.8 Å². The van der Waals surface area contributed by atoms with E-state index in [1.54, 1.807) is 0 Å². The molecule has 1 unspecified atom stereocenters. The minimum Gasteiger partial charge on any atom is -0.336 e. The summed E-state index contributed by atoms with van der Waals surface area (Å²) in [7, 11) is 0. The number of likely N-dealkylation sites (tertiary alicyclic amines) is 1. The highest BCUT2D eigenvalue weighted by Gasteiger charge is 2.45. The number of hydrogen-bond acceptors (Lipinski definition) is 1. The highest BCUT2D eigenvalue weighted by Crippen LogP contribution is 2.32. The lowest BCUT2D eigenvalue weighted by atomic mass is 10.1. The van der Waals surface area contributed by atoms with Crippen LogP contribution < -0.4 is 0 Å². The molecule has 4 heteroatoms. The lowest BCUT2D eigenvalue weighted by Crippen LogP contribution is -2.29. The number of carbonyl (C=O) groups excluding carboxylic acids is 1. The normalized spacial score (nSPS) is 29.1. The number of hydrogen-bond donors (Lipinski definition) is 0. The Morgan fingerprint density at radius 1 is 1.64 bits per heavy atom. The molecule has 0 saturated carbocycles. The van der Waals surface area contributed by atoms with Crippen molar-refractivity contribution in [3.8, 4) is 0 Å². The van der Waals surface area contributed by atoms with E-state index >= 15 is 0 Å². The standard InChI is InChI=1S/C7H11F2NO/c1-5-3-10(6(2)11)4-7(5,8)9/h5H,3-4H2,1-2H3. The quantitative estimate of drug-likeness (QED) is 0.524. The molecule has 11 heavy (non-hydrogen) atoms. The van der Waals surface area contributed by atoms with E-state index < -0.39 is 18.4 Å². The summed E-state index contributed by atoms with van der Waals surface area (Å²) < 4.78 is 25.5. The molecule has 1 fully saturated rings. The van der Waals surface area contributed by atoms with Gasteiger partial charge in [-0.2, -0.15) is 0 Å². The van der Waals surface area contributed by atoms with Crippen LogP contribution in [0.2, 0.25) is 0 Å². The van der Waals surface area contributed by atoms with Gasteiger partial charge in [0.25, 0.3) is 5.92 Å². The lowest BCUT2D eigenvalue weighted by molar-refractivity contribution is -0.129. The van der Waals surface area contributed by atoms with Crippen molar-refractivity contribution in [1.29, 1.82) is 0 Å². The van der Waals surface area contributed by atoms with E-state index in [9.17, 15) is 13.6 Å². The highest BCUT2D eigenvalue weighted by molar-refractivity contribution is 5.73. The van der Waals surface area contributed by atoms with Crippen molar-refractivity contribution < 1.29 is 13.6 Å². The topological polar surface area (TPSA) is 20.3 Å². The van der Waals surface area contributed by atoms with Crippen LogP contribution in [0.3, 0.4) is 0 Å². The van der Waals surface area contributed by atoms with Crippen molar-refractivity contribution in [2.24, 2.45) is 5.92 Å². The smallest absolute Gasteiger partial charge is 0.269 e. The van der Waals surface area contributed by atoms with Gasteiger partial charge in [0, 0.05) is 19.4 Å². The molecule has 2 nitrogen and oxygen atoms in total. The zero-order chi connectivity index (χ0) is 8.65. The Balaban J connectivity index is 2.64. The number of amides is 1. The first-order chi connectivity index (χ1) is 4.93. The Hall–Kier alpha value is -0.670. The molecule has 1 atom stereocenters. The van der Waals surface area contributed by atoms with Crippen LogP contribution in [0.4, 0.5) is 8.78 Å². The molecule has 1 saturated heterocycles. The van der Waals surface area contributed by atoms with Gasteiger partial charge in [0.2, 0.25) is 5.91 Å². The van der Waals surface area contributed by atoms with Crippen LogP contribution in [0.15, 0.2) is 0 Å². The molecule has 1 rings (SSSR count). The summed E-state index contributed by atoms with van der Waals surface area (Å²) in [6, 6.07) is 0. The van der Waals surface area contributed by atoms with Gasteiger partial charge in [0.1, 0.15) is 0 Å². The molecular weight excluding hydrogens is 152 g/mol. The molecule has 0 aromatic carbocycles. The van der Waals surface area contributed by atoms with Crippen molar-refractivity contribution in [1.82, 2.24) is 4.90 Å². The predicted octanol–water partition coefficient (Wildman–Crippen LogP) is 1.12. The SMILES string of the molecule is CC(=O)N1CC(C)C(F)(F)C1. The van der Waals surface area contributed by atoms with Gasteiger partial charge in [-0.25, -0.2) is 8.78 Å². The van der Waals surface area contributed by atoms with Crippen LogP contribution >= 0.6 is 0 Å². The Labute approximate surface area is 64.2 Å². The number of rotatable bonds is 0. The number of alkyl halides is 2. The fourth-order valence-corrected chi connectivity index (χ4v) is 1.18. The Bertz CT molecular complexity index is 181. The summed E-state index contributed by atoms with van der Waals surface area (Å²) in [6.45, 7) is 2.54. The van der Waals surface area contributed by atoms with Crippen LogP contribution in [-0.2, 0) is 4.79 Å². The molecule has 0 aromatic heterocycles. The zero-order valence-electron chi connectivity index (χ0n) is 6.60. The van der Waals surface area contributed by atoms with Gasteiger partial charge < -0.3 is 4.90 Å². The van der Waals surface area contributed by atoms with E-state index in [1.165, 1.54) is 18.7 Å². The second-order valence-corrected chi connectivity index (χ2v) is 3.06. The number of carbonyl (C=O) groups is 1. The number of nitrogens with zero attached hydrogens (tertiary/aromatic N) is 1. The van der Waals surface area contributed by atoms with Gasteiger partial charge in [-0.15, -0.1) is 0 Å². The Morgan fingerprint density at radius 3 is 2.36 bits per heavy atom. The third kappa shape index (κ3) is 1.49. The summed E-state index contributed by atoms with van der Waals surface area (Å²) in [6.07, 6.45) is 0. The van der Waals surface area contributed by atoms with Gasteiger partial charge in [-0.3, -0.25) is 4.79 Å². The fourth-order valence-electron chi connectivity index (χ4n) is 1.18. The van der Waals surface area contributed by atoms with E-state index in [4.69, 9.17) is 0 Å². The molecule has 1 aliphatic heterocycles. The van der Waals surface area contributed by atoms with E-state index in [1.807, 2.05) is 0 Å². The number of halogens is 2. The molecule has 0 aromatic rings. The Morgan fingerprint density at radius 2 is 2.18 bits per heavy atom. The molecule has 0 spiro atoms. The first-order valence-corrected chi connectivity index (χ1v) is 3.57. The van der Waals surface area contributed by atoms with Crippen molar-refractivity contribution in [2.45, 2.75) is 19.8 Å². The van der Waals surface area contributed by atoms with Gasteiger partial charge in [-0.1, -0.05) is 6.92 Å². The van der Waals surface area contributed by atoms with Crippen LogP contribution in [0, 0.1) is 5.92 Å². The van der Waals surface area contributed by atoms with Crippen LogP contribution in [0.5, 0.6) is 0 Å². The van der Waals surface area contributed by atoms with Crippen molar-refractivity contribution in [2.75, 3.05) is 13.1 Å². The average Bonchev–Trinajstić information content (AvgIpc) is 2.08. The van der Waals surface area contributed by atoms with Crippen molar-refractivity contribution >= 4 is 5.91 Å². The van der Waals surface area contributed by atoms with E-state index in [0.29, 0.717) is 0 Å². The van der Waals surface area contributed by atoms with E-state index in [2.05, 4.69) is 0 Å². The molecule has 1 aliphatic rings. The second kappa shape index (κ2) is 2.43. The summed E-state index contributed by atoms with van der Waals surface area (Å²) >= 11 is 0. The molecule has 64 valence electrons. The summed E-state index contributed by atoms with van der Waals surface area (Å²) in [4.78, 5) is 11.9. The zero-order valence-corrected chi connectivity index (χ0v) is 6.60. The minimum atomic E-state index is -2.69. The van der Waals surface area contributed by atoms with Gasteiger partial charge in [-0.05, 0) is 0 Å². The van der Waals surface area contributed by atoms with E-state index in [-0.39, 0.29) is 12.5 Å². The lowest BCUT2D eigenvalue weighted by Gasteiger charge is -2.12. The molecule has 0 radical (unpaired) electrons. The van der Waals surface area contributed by atoms with Gasteiger partial charge in [0.05, 0.1) is 6.54 Å². The maximum Gasteiger partial charge on any atom is 0.269 e. The summed E-state index contributed by atoms with van der Waals surface area (Å²) in [5.74, 6) is -3.66. The minimum absolute atomic E-state index is 0.183. The summed E-state index contributed by atoms with van der Waals surface area (Å²) in [5.41, 5.74) is 0. The predicted molar refractivity (Wildman–Crippen MR) is 36.4 cm³/mol. The maximum atomic E-state index is 12.8. The molecule has 1 heterocycles. The summed E-state index contributed by atoms with van der Waals surface area (Å²) in [5, 5.41) is 0. The second-order valence-electron chi connectivity index (χ2n) is 3.06. The van der Waals surface area contributed by atoms with Crippen molar-refractivity contribution in [3.05, 3.63) is 0 Å². The van der Waals surface area contributed by atoms with Gasteiger partial charge >= 0.3 is 0 Å². The Kier molecular flexibility index (Phi) is 1.86. The van der Waals surface area contributed by atoms with Crippen LogP contribution in [-0.4, -0.2) is 29.8 Å². The molecular formula is C7H11F2NO. The largest absolute Gasteiger partial charge is 0.336 e. The van der Waals surface area contributed by atoms with Crippen LogP contribution in [0.25, 0.3) is 0 Å². The van der Waals surface area contributed by atoms with E-state index in [0.717, 1.165) is 0 Å². The highest BCUT2D eigenvalue weighted by atomic mass is 19.3. The third-order valence-corrected chi connectivity index (χ3v) is 2.06. The first-order valence-electron chi connectivity index (χ1n) is 3.57. The molecule has 1 amide bonds. The molecule has 0 bridgehead atoms. The molecule has 0 aliphatic carbocycles. The third-order valence-electron chi connectivity index (χ3n) is 2.06. The fraction of sp³-hybridized carbons (Fsp3) is 0.857. The average molecular weight is 163 g/mol. The first kappa shape index (κ1) is 8.43. The monoisotopic (exact) mass is 163 g/mol. The van der Waals surface area contributed by atoms with Gasteiger partial charge in [0.15, 0.2) is 0 Å².